The zero-order valence-electron chi connectivity index (χ0n) is 22.3. The van der Waals surface area contributed by atoms with E-state index in [9.17, 15) is 24.6 Å². The van der Waals surface area contributed by atoms with Gasteiger partial charge in [0.15, 0.2) is 5.60 Å². The molecule has 0 aromatic rings. The summed E-state index contributed by atoms with van der Waals surface area (Å²) in [5, 5.41) is 59.9. The first-order valence-corrected chi connectivity index (χ1v) is 11.7. The molecule has 0 bridgehead atoms. The van der Waals surface area contributed by atoms with Crippen LogP contribution in [-0.4, -0.2) is 88.5 Å². The molecule has 2 fully saturated rings. The number of piperidine rings is 2. The number of aliphatic hydroxyl groups is 3. The van der Waals surface area contributed by atoms with Crippen molar-refractivity contribution in [2.45, 2.75) is 134 Å². The van der Waals surface area contributed by atoms with Crippen LogP contribution < -0.4 is 10.6 Å². The molecule has 2 saturated heterocycles. The lowest BCUT2D eigenvalue weighted by atomic mass is 9.81. The summed E-state index contributed by atoms with van der Waals surface area (Å²) in [6.45, 7) is 17.1. The van der Waals surface area contributed by atoms with Crippen LogP contribution in [0.15, 0.2) is 0 Å². The normalized spacial score (nSPS) is 23.1. The molecule has 0 amide bonds. The van der Waals surface area contributed by atoms with Crippen LogP contribution in [0.4, 0.5) is 0 Å². The van der Waals surface area contributed by atoms with Gasteiger partial charge in [-0.1, -0.05) is 0 Å². The van der Waals surface area contributed by atoms with E-state index < -0.39 is 36.4 Å². The fourth-order valence-corrected chi connectivity index (χ4v) is 5.25. The van der Waals surface area contributed by atoms with Crippen molar-refractivity contribution in [2.75, 3.05) is 0 Å². The molecule has 0 radical (unpaired) electrons. The van der Waals surface area contributed by atoms with Crippen LogP contribution in [0, 0.1) is 0 Å². The van der Waals surface area contributed by atoms with E-state index in [4.69, 9.17) is 20.4 Å². The van der Waals surface area contributed by atoms with Crippen molar-refractivity contribution < 1.29 is 45.0 Å². The van der Waals surface area contributed by atoms with Crippen molar-refractivity contribution in [3.63, 3.8) is 0 Å². The average molecular weight is 507 g/mol. The highest BCUT2D eigenvalue weighted by Gasteiger charge is 2.41. The number of carboxylic acids is 3. The molecule has 11 nitrogen and oxygen atoms in total. The molecule has 0 aliphatic carbocycles. The maximum Gasteiger partial charge on any atom is 0.336 e. The number of hydrogen-bond acceptors (Lipinski definition) is 8. The molecule has 35 heavy (non-hydrogen) atoms. The maximum atomic E-state index is 10.3. The molecule has 2 heterocycles. The molecular formula is C24H46N2O9. The highest BCUT2D eigenvalue weighted by molar-refractivity contribution is 5.88. The zero-order chi connectivity index (χ0) is 28.0. The van der Waals surface area contributed by atoms with Gasteiger partial charge in [-0.3, -0.25) is 9.59 Å². The molecule has 0 unspecified atom stereocenters. The van der Waals surface area contributed by atoms with E-state index in [2.05, 4.69) is 66.0 Å². The minimum absolute atomic E-state index is 0.0845. The van der Waals surface area contributed by atoms with Gasteiger partial charge in [0.1, 0.15) is 0 Å². The van der Waals surface area contributed by atoms with E-state index in [1.165, 1.54) is 0 Å². The summed E-state index contributed by atoms with van der Waals surface area (Å²) in [5.74, 6) is -5.02. The van der Waals surface area contributed by atoms with Gasteiger partial charge in [0.25, 0.3) is 0 Å². The van der Waals surface area contributed by atoms with Crippen molar-refractivity contribution in [1.82, 2.24) is 10.6 Å². The van der Waals surface area contributed by atoms with Gasteiger partial charge in [0.2, 0.25) is 0 Å². The third kappa shape index (κ3) is 13.8. The second-order valence-electron chi connectivity index (χ2n) is 12.4. The summed E-state index contributed by atoms with van der Waals surface area (Å²) < 4.78 is 0. The van der Waals surface area contributed by atoms with Crippen LogP contribution >= 0.6 is 0 Å². The smallest absolute Gasteiger partial charge is 0.336 e. The highest BCUT2D eigenvalue weighted by atomic mass is 16.4. The molecule has 2 aliphatic heterocycles. The number of rotatable bonds is 5. The van der Waals surface area contributed by atoms with Crippen LogP contribution in [0.25, 0.3) is 0 Å². The molecule has 8 N–H and O–H groups in total. The predicted molar refractivity (Wildman–Crippen MR) is 130 cm³/mol. The number of nitrogens with one attached hydrogen (secondary N) is 2. The second-order valence-corrected chi connectivity index (χ2v) is 12.4. The molecule has 0 spiro atoms. The standard InChI is InChI=1S/2C9H19NO.C6H8O7/c2*1-8(2)5-7(11)6-9(3,4)10-8;7-3(8)1-6(13,5(11)12)2-4(9)10/h2*7,10-11H,5-6H2,1-4H3;13H,1-2H2,(H,7,8)(H,9,10)(H,11,12). The van der Waals surface area contributed by atoms with Crippen molar-refractivity contribution in [1.29, 1.82) is 0 Å². The third-order valence-electron chi connectivity index (χ3n) is 5.62. The van der Waals surface area contributed by atoms with Gasteiger partial charge in [-0.05, 0) is 81.1 Å². The number of aliphatic carboxylic acids is 3. The van der Waals surface area contributed by atoms with E-state index in [-0.39, 0.29) is 34.4 Å². The summed E-state index contributed by atoms with van der Waals surface area (Å²) in [6.07, 6.45) is 0.866. The number of carbonyl (C=O) groups is 3. The van der Waals surface area contributed by atoms with E-state index in [0.29, 0.717) is 0 Å². The molecule has 0 aromatic carbocycles. The van der Waals surface area contributed by atoms with E-state index in [0.717, 1.165) is 25.7 Å². The lowest BCUT2D eigenvalue weighted by Gasteiger charge is -2.44. The zero-order valence-corrected chi connectivity index (χ0v) is 22.3. The van der Waals surface area contributed by atoms with Gasteiger partial charge in [-0.15, -0.1) is 0 Å². The third-order valence-corrected chi connectivity index (χ3v) is 5.62. The first kappa shape index (κ1) is 33.2. The maximum absolute atomic E-state index is 10.3. The lowest BCUT2D eigenvalue weighted by Crippen LogP contribution is -2.59. The Labute approximate surface area is 207 Å². The number of carboxylic acid groups (broad SMARTS) is 3. The van der Waals surface area contributed by atoms with Gasteiger partial charge < -0.3 is 41.3 Å². The van der Waals surface area contributed by atoms with Crippen LogP contribution in [0.1, 0.15) is 93.9 Å². The van der Waals surface area contributed by atoms with Gasteiger partial charge in [0.05, 0.1) is 25.0 Å². The van der Waals surface area contributed by atoms with Gasteiger partial charge >= 0.3 is 17.9 Å². The first-order chi connectivity index (χ1) is 15.4. The monoisotopic (exact) mass is 506 g/mol. The fourth-order valence-electron chi connectivity index (χ4n) is 5.25. The molecule has 0 aromatic heterocycles. The van der Waals surface area contributed by atoms with Gasteiger partial charge in [-0.25, -0.2) is 4.79 Å². The van der Waals surface area contributed by atoms with Crippen LogP contribution in [0.5, 0.6) is 0 Å². The fraction of sp³-hybridized carbons (Fsp3) is 0.875. The molecule has 11 heteroatoms. The Kier molecular flexibility index (Phi) is 11.4. The average Bonchev–Trinajstić information content (AvgIpc) is 2.46. The first-order valence-electron chi connectivity index (χ1n) is 11.7. The molecular weight excluding hydrogens is 460 g/mol. The Morgan fingerprint density at radius 2 is 0.886 bits per heavy atom. The van der Waals surface area contributed by atoms with Crippen molar-refractivity contribution >= 4 is 17.9 Å². The summed E-state index contributed by atoms with van der Waals surface area (Å²) in [6, 6.07) is 0. The molecule has 2 aliphatic rings. The van der Waals surface area contributed by atoms with Crippen LogP contribution in [0.2, 0.25) is 0 Å². The predicted octanol–water partition coefficient (Wildman–Crippen LogP) is 1.33. The summed E-state index contributed by atoms with van der Waals surface area (Å²) in [5.41, 5.74) is -2.40. The summed E-state index contributed by atoms with van der Waals surface area (Å²) in [7, 11) is 0. The SMILES string of the molecule is CC1(C)CC(O)CC(C)(C)N1.CC1(C)CC(O)CC(C)(C)N1.O=C(O)CC(O)(CC(=O)O)C(=O)O. The van der Waals surface area contributed by atoms with Crippen molar-refractivity contribution in [3.05, 3.63) is 0 Å². The number of aliphatic hydroxyl groups excluding tert-OH is 2. The van der Waals surface area contributed by atoms with Crippen LogP contribution in [-0.2, 0) is 14.4 Å². The lowest BCUT2D eigenvalue weighted by molar-refractivity contribution is -0.170. The summed E-state index contributed by atoms with van der Waals surface area (Å²) in [4.78, 5) is 30.5. The highest BCUT2D eigenvalue weighted by Crippen LogP contribution is 2.29. The number of hydrogen-bond donors (Lipinski definition) is 8. The Morgan fingerprint density at radius 1 is 0.657 bits per heavy atom. The van der Waals surface area contributed by atoms with Crippen molar-refractivity contribution in [2.24, 2.45) is 0 Å². The topological polar surface area (TPSA) is 197 Å². The molecule has 206 valence electrons. The summed E-state index contributed by atoms with van der Waals surface area (Å²) >= 11 is 0. The Hall–Kier alpha value is -1.79. The van der Waals surface area contributed by atoms with Gasteiger partial charge in [0, 0.05) is 22.2 Å². The molecule has 0 atom stereocenters. The minimum Gasteiger partial charge on any atom is -0.481 e. The Balaban J connectivity index is 0.000000497. The van der Waals surface area contributed by atoms with E-state index in [1.54, 1.807) is 0 Å². The largest absolute Gasteiger partial charge is 0.481 e. The van der Waals surface area contributed by atoms with E-state index in [1.807, 2.05) is 0 Å². The minimum atomic E-state index is -2.74. The quantitative estimate of drug-likeness (QED) is 0.268. The van der Waals surface area contributed by atoms with Crippen LogP contribution in [0.3, 0.4) is 0 Å². The second kappa shape index (κ2) is 12.0. The molecule has 2 rings (SSSR count). The van der Waals surface area contributed by atoms with Gasteiger partial charge in [-0.2, -0.15) is 0 Å². The Bertz CT molecular complexity index is 663. The van der Waals surface area contributed by atoms with E-state index >= 15 is 0 Å². The van der Waals surface area contributed by atoms with Crippen molar-refractivity contribution in [3.8, 4) is 0 Å². The molecule has 0 saturated carbocycles. The Morgan fingerprint density at radius 3 is 1.03 bits per heavy atom.